The Morgan fingerprint density at radius 2 is 2.16 bits per heavy atom. The fourth-order valence-electron chi connectivity index (χ4n) is 1.71. The summed E-state index contributed by atoms with van der Waals surface area (Å²) in [6, 6.07) is 5.79. The smallest absolute Gasteiger partial charge is 0.231 e. The first-order chi connectivity index (χ1) is 9.20. The van der Waals surface area contributed by atoms with E-state index in [4.69, 9.17) is 20.9 Å². The van der Waals surface area contributed by atoms with Gasteiger partial charge < -0.3 is 20.9 Å². The summed E-state index contributed by atoms with van der Waals surface area (Å²) in [6.45, 7) is 0.790. The molecule has 0 aromatic heterocycles. The normalized spacial score (nSPS) is 14.6. The number of guanidine groups is 2. The average Bonchev–Trinajstić information content (AvgIpc) is 2.87. The van der Waals surface area contributed by atoms with Crippen LogP contribution in [0.2, 0.25) is 0 Å². The number of nitrogens with two attached hydrogens (primary N) is 2. The van der Waals surface area contributed by atoms with E-state index < -0.39 is 0 Å². The summed E-state index contributed by atoms with van der Waals surface area (Å²) in [5, 5.41) is 2.67. The summed E-state index contributed by atoms with van der Waals surface area (Å²) in [4.78, 5) is 7.89. The summed E-state index contributed by atoms with van der Waals surface area (Å²) < 4.78 is 10.7. The lowest BCUT2D eigenvalue weighted by atomic mass is 10.1. The summed E-state index contributed by atoms with van der Waals surface area (Å²) in [5.41, 5.74) is 12.2. The second kappa shape index (κ2) is 5.94. The van der Waals surface area contributed by atoms with Crippen molar-refractivity contribution >= 4 is 11.9 Å². The Hall–Kier alpha value is -2.44. The van der Waals surface area contributed by atoms with Crippen molar-refractivity contribution < 1.29 is 9.47 Å². The van der Waals surface area contributed by atoms with Crippen molar-refractivity contribution in [2.45, 2.75) is 6.42 Å². The van der Waals surface area contributed by atoms with Gasteiger partial charge in [0.05, 0.1) is 0 Å². The van der Waals surface area contributed by atoms with Crippen molar-refractivity contribution in [2.75, 3.05) is 20.4 Å². The van der Waals surface area contributed by atoms with Crippen LogP contribution in [0.4, 0.5) is 0 Å². The molecule has 7 heteroatoms. The van der Waals surface area contributed by atoms with E-state index in [0.29, 0.717) is 13.0 Å². The molecule has 0 saturated heterocycles. The maximum Gasteiger partial charge on any atom is 0.231 e. The van der Waals surface area contributed by atoms with Crippen molar-refractivity contribution in [3.8, 4) is 11.5 Å². The van der Waals surface area contributed by atoms with Crippen LogP contribution in [0.25, 0.3) is 0 Å². The zero-order valence-electron chi connectivity index (χ0n) is 10.7. The third-order valence-electron chi connectivity index (χ3n) is 2.64. The van der Waals surface area contributed by atoms with Crippen LogP contribution < -0.4 is 26.3 Å². The van der Waals surface area contributed by atoms with Crippen LogP contribution in [0.1, 0.15) is 5.56 Å². The molecule has 2 rings (SSSR count). The predicted octanol–water partition coefficient (Wildman–Crippen LogP) is -0.193. The molecular formula is C12H17N5O2. The Morgan fingerprint density at radius 3 is 2.95 bits per heavy atom. The van der Waals surface area contributed by atoms with E-state index in [1.165, 1.54) is 0 Å². The molecule has 1 heterocycles. The molecule has 102 valence electrons. The van der Waals surface area contributed by atoms with Gasteiger partial charge in [-0.15, -0.1) is 0 Å². The van der Waals surface area contributed by atoms with Crippen LogP contribution in [0.5, 0.6) is 11.5 Å². The standard InChI is InChI=1S/C12H17N5O2/c1-15-11(13)17-12(14)16-6-5-8-3-2-4-9-10(8)19-7-18-9/h2-4H,5-7H2,1H3,(H5,13,14,15,16,17). The second-order valence-corrected chi connectivity index (χ2v) is 3.90. The first kappa shape index (κ1) is 13.0. The number of nitrogens with zero attached hydrogens (tertiary/aromatic N) is 2. The second-order valence-electron chi connectivity index (χ2n) is 3.90. The van der Waals surface area contributed by atoms with E-state index in [1.54, 1.807) is 7.05 Å². The summed E-state index contributed by atoms with van der Waals surface area (Å²) in [5.74, 6) is 2.04. The molecule has 0 atom stereocenters. The number of hydrogen-bond acceptors (Lipinski definition) is 4. The van der Waals surface area contributed by atoms with Gasteiger partial charge in [0.15, 0.2) is 23.4 Å². The number of hydrogen-bond donors (Lipinski definition) is 3. The average molecular weight is 263 g/mol. The highest BCUT2D eigenvalue weighted by atomic mass is 16.7. The van der Waals surface area contributed by atoms with Crippen LogP contribution in [0.15, 0.2) is 28.2 Å². The molecule has 0 amide bonds. The fraction of sp³-hybridized carbons (Fsp3) is 0.333. The molecule has 5 N–H and O–H groups in total. The minimum atomic E-state index is 0.235. The van der Waals surface area contributed by atoms with E-state index in [9.17, 15) is 0 Å². The van der Waals surface area contributed by atoms with Crippen molar-refractivity contribution in [1.82, 2.24) is 5.32 Å². The lowest BCUT2D eigenvalue weighted by Crippen LogP contribution is -2.41. The number of rotatable bonds is 3. The van der Waals surface area contributed by atoms with Gasteiger partial charge in [0.1, 0.15) is 0 Å². The van der Waals surface area contributed by atoms with E-state index in [0.717, 1.165) is 17.1 Å². The first-order valence-corrected chi connectivity index (χ1v) is 5.87. The zero-order valence-corrected chi connectivity index (χ0v) is 10.7. The van der Waals surface area contributed by atoms with Gasteiger partial charge in [0.2, 0.25) is 6.79 Å². The number of ether oxygens (including phenoxy) is 2. The van der Waals surface area contributed by atoms with Crippen LogP contribution in [-0.4, -0.2) is 32.3 Å². The minimum absolute atomic E-state index is 0.235. The van der Waals surface area contributed by atoms with Gasteiger partial charge in [0.25, 0.3) is 0 Å². The number of aliphatic imine (C=N–C) groups is 2. The molecule has 7 nitrogen and oxygen atoms in total. The lowest BCUT2D eigenvalue weighted by molar-refractivity contribution is 0.173. The molecule has 0 radical (unpaired) electrons. The molecule has 0 saturated carbocycles. The Kier molecular flexibility index (Phi) is 4.07. The van der Waals surface area contributed by atoms with E-state index in [-0.39, 0.29) is 18.7 Å². The Bertz CT molecular complexity index is 513. The molecule has 0 spiro atoms. The molecular weight excluding hydrogens is 246 g/mol. The molecule has 1 aromatic carbocycles. The van der Waals surface area contributed by atoms with Gasteiger partial charge in [-0.25, -0.2) is 0 Å². The van der Waals surface area contributed by atoms with Crippen LogP contribution >= 0.6 is 0 Å². The van der Waals surface area contributed by atoms with E-state index in [2.05, 4.69) is 15.3 Å². The molecule has 0 unspecified atom stereocenters. The van der Waals surface area contributed by atoms with Crippen LogP contribution in [-0.2, 0) is 6.42 Å². The molecule has 19 heavy (non-hydrogen) atoms. The highest BCUT2D eigenvalue weighted by molar-refractivity contribution is 5.96. The van der Waals surface area contributed by atoms with Crippen molar-refractivity contribution in [1.29, 1.82) is 0 Å². The maximum atomic E-state index is 5.65. The third kappa shape index (κ3) is 3.27. The molecule has 1 aliphatic rings. The Balaban J connectivity index is 1.93. The molecule has 0 bridgehead atoms. The topological polar surface area (TPSA) is 107 Å². The van der Waals surface area contributed by atoms with Crippen LogP contribution in [0, 0.1) is 0 Å². The van der Waals surface area contributed by atoms with Crippen molar-refractivity contribution in [2.24, 2.45) is 21.5 Å². The first-order valence-electron chi connectivity index (χ1n) is 5.87. The Labute approximate surface area is 111 Å². The SMILES string of the molecule is CN=C(N)NC(N)=NCCc1cccc2c1OCO2. The summed E-state index contributed by atoms with van der Waals surface area (Å²) in [6.07, 6.45) is 0.706. The van der Waals surface area contributed by atoms with Crippen molar-refractivity contribution in [3.05, 3.63) is 23.8 Å². The lowest BCUT2D eigenvalue weighted by Gasteiger charge is -2.05. The zero-order chi connectivity index (χ0) is 13.7. The minimum Gasteiger partial charge on any atom is -0.454 e. The van der Waals surface area contributed by atoms with E-state index >= 15 is 0 Å². The number of para-hydroxylation sites is 1. The number of fused-ring (bicyclic) bond motifs is 1. The fourth-order valence-corrected chi connectivity index (χ4v) is 1.71. The van der Waals surface area contributed by atoms with Gasteiger partial charge in [-0.2, -0.15) is 0 Å². The maximum absolute atomic E-state index is 5.65. The highest BCUT2D eigenvalue weighted by Gasteiger charge is 2.16. The molecule has 0 fully saturated rings. The summed E-state index contributed by atoms with van der Waals surface area (Å²) >= 11 is 0. The van der Waals surface area contributed by atoms with Gasteiger partial charge in [-0.3, -0.25) is 15.3 Å². The Morgan fingerprint density at radius 1 is 1.32 bits per heavy atom. The van der Waals surface area contributed by atoms with Crippen molar-refractivity contribution in [3.63, 3.8) is 0 Å². The molecule has 0 aliphatic carbocycles. The van der Waals surface area contributed by atoms with Gasteiger partial charge in [0, 0.05) is 19.2 Å². The van der Waals surface area contributed by atoms with Gasteiger partial charge in [-0.1, -0.05) is 12.1 Å². The third-order valence-corrected chi connectivity index (χ3v) is 2.64. The van der Waals surface area contributed by atoms with Gasteiger partial charge in [-0.05, 0) is 12.5 Å². The molecule has 1 aliphatic heterocycles. The van der Waals surface area contributed by atoms with E-state index in [1.807, 2.05) is 18.2 Å². The van der Waals surface area contributed by atoms with Gasteiger partial charge >= 0.3 is 0 Å². The quantitative estimate of drug-likeness (QED) is 0.517. The summed E-state index contributed by atoms with van der Waals surface area (Å²) in [7, 11) is 1.57. The number of nitrogens with one attached hydrogen (secondary N) is 1. The monoisotopic (exact) mass is 263 g/mol. The molecule has 1 aromatic rings. The predicted molar refractivity (Wildman–Crippen MR) is 73.4 cm³/mol. The largest absolute Gasteiger partial charge is 0.454 e. The number of benzene rings is 1. The van der Waals surface area contributed by atoms with Crippen LogP contribution in [0.3, 0.4) is 0 Å². The highest BCUT2D eigenvalue weighted by Crippen LogP contribution is 2.35.